The minimum absolute atomic E-state index is 0.103. The number of halogens is 1. The number of urea groups is 1. The Bertz CT molecular complexity index is 516. The second-order valence-corrected chi connectivity index (χ2v) is 8.57. The standard InChI is InChI=1S/C18H28FN3O2/c1-11(23)22-4-2-15(3-5-22)20-17(24)21-18-8-12-6-13(9-18)16(19)14(7-12)10-18/h12-16H,2-10H2,1H3,(H2,20,21,24). The van der Waals surface area contributed by atoms with Gasteiger partial charge in [-0.15, -0.1) is 0 Å². The molecule has 2 unspecified atom stereocenters. The Hall–Kier alpha value is -1.33. The maximum absolute atomic E-state index is 14.3. The highest BCUT2D eigenvalue weighted by Gasteiger charge is 2.56. The van der Waals surface area contributed by atoms with Crippen molar-refractivity contribution in [2.75, 3.05) is 13.1 Å². The molecule has 5 aliphatic rings. The molecular formula is C18H28FN3O2. The second kappa shape index (κ2) is 5.88. The Labute approximate surface area is 142 Å². The van der Waals surface area contributed by atoms with Crippen LogP contribution in [0.5, 0.6) is 0 Å². The van der Waals surface area contributed by atoms with E-state index in [0.29, 0.717) is 19.0 Å². The Morgan fingerprint density at radius 2 is 1.71 bits per heavy atom. The van der Waals surface area contributed by atoms with Crippen molar-refractivity contribution in [1.82, 2.24) is 15.5 Å². The van der Waals surface area contributed by atoms with Crippen LogP contribution in [0.3, 0.4) is 0 Å². The molecule has 5 fully saturated rings. The zero-order valence-electron chi connectivity index (χ0n) is 14.4. The van der Waals surface area contributed by atoms with Crippen LogP contribution in [-0.4, -0.2) is 47.7 Å². The number of amides is 3. The van der Waals surface area contributed by atoms with Crippen molar-refractivity contribution in [2.24, 2.45) is 17.8 Å². The first-order valence-electron chi connectivity index (χ1n) is 9.42. The lowest BCUT2D eigenvalue weighted by molar-refractivity contribution is -0.129. The van der Waals surface area contributed by atoms with Gasteiger partial charge >= 0.3 is 6.03 Å². The van der Waals surface area contributed by atoms with Crippen LogP contribution in [0.1, 0.15) is 51.9 Å². The highest BCUT2D eigenvalue weighted by Crippen LogP contribution is 2.56. The summed E-state index contributed by atoms with van der Waals surface area (Å²) in [7, 11) is 0. The zero-order valence-corrected chi connectivity index (χ0v) is 14.4. The Kier molecular flexibility index (Phi) is 3.96. The number of carbonyl (C=O) groups excluding carboxylic acids is 2. The van der Waals surface area contributed by atoms with E-state index < -0.39 is 6.17 Å². The van der Waals surface area contributed by atoms with Gasteiger partial charge in [0.2, 0.25) is 5.91 Å². The van der Waals surface area contributed by atoms with Gasteiger partial charge in [0.05, 0.1) is 0 Å². The summed E-state index contributed by atoms with van der Waals surface area (Å²) in [5.41, 5.74) is -0.177. The highest BCUT2D eigenvalue weighted by molar-refractivity contribution is 5.75. The molecule has 5 rings (SSSR count). The molecule has 24 heavy (non-hydrogen) atoms. The van der Waals surface area contributed by atoms with Crippen LogP contribution in [0, 0.1) is 17.8 Å². The molecule has 0 spiro atoms. The van der Waals surface area contributed by atoms with Gasteiger partial charge in [-0.3, -0.25) is 4.79 Å². The number of alkyl halides is 1. The van der Waals surface area contributed by atoms with Gasteiger partial charge in [-0.1, -0.05) is 0 Å². The van der Waals surface area contributed by atoms with Crippen LogP contribution >= 0.6 is 0 Å². The molecule has 0 aromatic carbocycles. The third-order valence-corrected chi connectivity index (χ3v) is 6.81. The zero-order chi connectivity index (χ0) is 16.9. The number of rotatable bonds is 2. The Morgan fingerprint density at radius 3 is 2.29 bits per heavy atom. The Balaban J connectivity index is 1.32. The number of hydrogen-bond donors (Lipinski definition) is 2. The van der Waals surface area contributed by atoms with Gasteiger partial charge in [0.25, 0.3) is 0 Å². The minimum atomic E-state index is -0.657. The van der Waals surface area contributed by atoms with E-state index in [1.807, 2.05) is 4.90 Å². The van der Waals surface area contributed by atoms with Crippen molar-refractivity contribution in [1.29, 1.82) is 0 Å². The van der Waals surface area contributed by atoms with Crippen molar-refractivity contribution < 1.29 is 14.0 Å². The lowest BCUT2D eigenvalue weighted by Crippen LogP contribution is -2.65. The van der Waals surface area contributed by atoms with Crippen LogP contribution in [0.2, 0.25) is 0 Å². The van der Waals surface area contributed by atoms with E-state index in [4.69, 9.17) is 0 Å². The summed E-state index contributed by atoms with van der Waals surface area (Å²) < 4.78 is 14.3. The first-order valence-corrected chi connectivity index (χ1v) is 9.42. The molecule has 4 bridgehead atoms. The van der Waals surface area contributed by atoms with E-state index in [1.54, 1.807) is 6.92 Å². The molecule has 4 saturated carbocycles. The van der Waals surface area contributed by atoms with Crippen molar-refractivity contribution in [3.63, 3.8) is 0 Å². The summed E-state index contributed by atoms with van der Waals surface area (Å²) in [5.74, 6) is 0.992. The number of nitrogens with zero attached hydrogens (tertiary/aromatic N) is 1. The highest BCUT2D eigenvalue weighted by atomic mass is 19.1. The van der Waals surface area contributed by atoms with Gasteiger partial charge in [0, 0.05) is 31.6 Å². The quantitative estimate of drug-likeness (QED) is 0.812. The smallest absolute Gasteiger partial charge is 0.315 e. The molecule has 2 N–H and O–H groups in total. The molecule has 1 aliphatic heterocycles. The average Bonchev–Trinajstić information content (AvgIpc) is 2.51. The van der Waals surface area contributed by atoms with Crippen molar-refractivity contribution >= 4 is 11.9 Å². The van der Waals surface area contributed by atoms with Gasteiger partial charge in [0.1, 0.15) is 6.17 Å². The largest absolute Gasteiger partial charge is 0.343 e. The fourth-order valence-corrected chi connectivity index (χ4v) is 5.92. The van der Waals surface area contributed by atoms with Crippen molar-refractivity contribution in [2.45, 2.75) is 69.6 Å². The molecule has 1 heterocycles. The van der Waals surface area contributed by atoms with Gasteiger partial charge in [-0.2, -0.15) is 0 Å². The fourth-order valence-electron chi connectivity index (χ4n) is 5.92. The summed E-state index contributed by atoms with van der Waals surface area (Å²) in [4.78, 5) is 25.7. The third-order valence-electron chi connectivity index (χ3n) is 6.81. The lowest BCUT2D eigenvalue weighted by atomic mass is 9.52. The van der Waals surface area contributed by atoms with Gasteiger partial charge in [-0.25, -0.2) is 9.18 Å². The van der Waals surface area contributed by atoms with Crippen molar-refractivity contribution in [3.05, 3.63) is 0 Å². The average molecular weight is 337 g/mol. The topological polar surface area (TPSA) is 61.4 Å². The second-order valence-electron chi connectivity index (χ2n) is 8.57. The summed E-state index contributed by atoms with van der Waals surface area (Å²) in [6.07, 6.45) is 5.59. The molecule has 0 radical (unpaired) electrons. The molecule has 0 aromatic heterocycles. The molecule has 2 atom stereocenters. The number of nitrogens with one attached hydrogen (secondary N) is 2. The molecule has 0 aromatic rings. The predicted octanol–water partition coefficient (Wildman–Crippen LogP) is 2.21. The lowest BCUT2D eigenvalue weighted by Gasteiger charge is -2.58. The monoisotopic (exact) mass is 337 g/mol. The predicted molar refractivity (Wildman–Crippen MR) is 88.1 cm³/mol. The van der Waals surface area contributed by atoms with Gasteiger partial charge < -0.3 is 15.5 Å². The summed E-state index contributed by atoms with van der Waals surface area (Å²) >= 11 is 0. The summed E-state index contributed by atoms with van der Waals surface area (Å²) in [6.45, 7) is 3.01. The van der Waals surface area contributed by atoms with Crippen LogP contribution in [0.25, 0.3) is 0 Å². The summed E-state index contributed by atoms with van der Waals surface area (Å²) in [6, 6.07) is 0.0251. The maximum Gasteiger partial charge on any atom is 0.315 e. The van der Waals surface area contributed by atoms with Gasteiger partial charge in [-0.05, 0) is 62.7 Å². The minimum Gasteiger partial charge on any atom is -0.343 e. The molecule has 3 amide bonds. The van der Waals surface area contributed by atoms with E-state index >= 15 is 0 Å². The molecule has 1 saturated heterocycles. The van der Waals surface area contributed by atoms with E-state index in [-0.39, 0.29) is 35.4 Å². The molecule has 4 aliphatic carbocycles. The van der Waals surface area contributed by atoms with Crippen LogP contribution in [0.4, 0.5) is 9.18 Å². The fraction of sp³-hybridized carbons (Fsp3) is 0.889. The van der Waals surface area contributed by atoms with E-state index in [1.165, 1.54) is 0 Å². The van der Waals surface area contributed by atoms with Crippen LogP contribution in [0.15, 0.2) is 0 Å². The third kappa shape index (κ3) is 2.88. The number of piperidine rings is 1. The SMILES string of the molecule is CC(=O)N1CCC(NC(=O)NC23CC4CC(C2)C(F)C(C4)C3)CC1. The number of hydrogen-bond acceptors (Lipinski definition) is 2. The van der Waals surface area contributed by atoms with Crippen LogP contribution in [-0.2, 0) is 4.79 Å². The van der Waals surface area contributed by atoms with Gasteiger partial charge in [0.15, 0.2) is 0 Å². The maximum atomic E-state index is 14.3. The molecular weight excluding hydrogens is 309 g/mol. The molecule has 134 valence electrons. The van der Waals surface area contributed by atoms with E-state index in [9.17, 15) is 14.0 Å². The van der Waals surface area contributed by atoms with E-state index in [2.05, 4.69) is 10.6 Å². The Morgan fingerprint density at radius 1 is 1.08 bits per heavy atom. The number of likely N-dealkylation sites (tertiary alicyclic amines) is 1. The molecule has 6 heteroatoms. The van der Waals surface area contributed by atoms with Crippen LogP contribution < -0.4 is 10.6 Å². The summed E-state index contributed by atoms with van der Waals surface area (Å²) in [5, 5.41) is 6.31. The number of carbonyl (C=O) groups is 2. The van der Waals surface area contributed by atoms with E-state index in [0.717, 1.165) is 44.9 Å². The molecule has 5 nitrogen and oxygen atoms in total. The first-order chi connectivity index (χ1) is 11.4. The van der Waals surface area contributed by atoms with Crippen molar-refractivity contribution in [3.8, 4) is 0 Å². The normalized spacial score (nSPS) is 41.3. The first kappa shape index (κ1) is 16.2.